The zero-order valence-electron chi connectivity index (χ0n) is 13.3. The first-order valence-corrected chi connectivity index (χ1v) is 7.54. The highest BCUT2D eigenvalue weighted by molar-refractivity contribution is 5.98. The third-order valence-electron chi connectivity index (χ3n) is 3.57. The second-order valence-electron chi connectivity index (χ2n) is 6.64. The summed E-state index contributed by atoms with van der Waals surface area (Å²) in [7, 11) is 0. The van der Waals surface area contributed by atoms with Crippen molar-refractivity contribution in [2.24, 2.45) is 5.92 Å². The number of likely N-dealkylation sites (tertiary alicyclic amines) is 1. The maximum absolute atomic E-state index is 12.9. The minimum absolute atomic E-state index is 0.0479. The lowest BCUT2D eigenvalue weighted by molar-refractivity contribution is 0.0172. The molecular weight excluding hydrogens is 285 g/mol. The molecule has 1 fully saturated rings. The fraction of sp³-hybridized carbons (Fsp3) is 0.529. The van der Waals surface area contributed by atoms with Gasteiger partial charge < -0.3 is 9.64 Å². The van der Waals surface area contributed by atoms with Crippen LogP contribution in [0.1, 0.15) is 44.0 Å². The van der Waals surface area contributed by atoms with Crippen molar-refractivity contribution in [2.75, 3.05) is 13.1 Å². The number of hydrogen-bond donors (Lipinski definition) is 0. The van der Waals surface area contributed by atoms with Crippen molar-refractivity contribution in [3.8, 4) is 0 Å². The van der Waals surface area contributed by atoms with Gasteiger partial charge in [-0.3, -0.25) is 4.79 Å². The Morgan fingerprint density at radius 1 is 1.23 bits per heavy atom. The number of Topliss-reactive ketones (excluding diaryl/α,β-unsaturated/α-hetero) is 1. The van der Waals surface area contributed by atoms with Crippen LogP contribution in [0.4, 0.5) is 9.18 Å². The van der Waals surface area contributed by atoms with Gasteiger partial charge in [-0.2, -0.15) is 0 Å². The Labute approximate surface area is 130 Å². The van der Waals surface area contributed by atoms with Crippen LogP contribution in [0.25, 0.3) is 0 Å². The van der Waals surface area contributed by atoms with Gasteiger partial charge in [0.2, 0.25) is 0 Å². The topological polar surface area (TPSA) is 46.6 Å². The van der Waals surface area contributed by atoms with Gasteiger partial charge >= 0.3 is 6.09 Å². The summed E-state index contributed by atoms with van der Waals surface area (Å²) in [6, 6.07) is 5.54. The van der Waals surface area contributed by atoms with Crippen LogP contribution in [0.3, 0.4) is 0 Å². The lowest BCUT2D eigenvalue weighted by Gasteiger charge is -2.33. The summed E-state index contributed by atoms with van der Waals surface area (Å²) in [6.07, 6.45) is 1.11. The number of rotatable bonds is 2. The van der Waals surface area contributed by atoms with E-state index >= 15 is 0 Å². The molecule has 1 heterocycles. The molecule has 0 bridgehead atoms. The second-order valence-corrected chi connectivity index (χ2v) is 6.64. The van der Waals surface area contributed by atoms with E-state index < -0.39 is 5.60 Å². The molecule has 0 N–H and O–H groups in total. The zero-order valence-corrected chi connectivity index (χ0v) is 13.3. The predicted octanol–water partition coefficient (Wildman–Crippen LogP) is 3.66. The number of benzene rings is 1. The molecule has 1 aromatic rings. The number of carbonyl (C=O) groups excluding carboxylic acids is 2. The molecule has 0 radical (unpaired) electrons. The van der Waals surface area contributed by atoms with E-state index in [4.69, 9.17) is 4.74 Å². The highest BCUT2D eigenvalue weighted by Crippen LogP contribution is 2.23. The molecule has 1 aliphatic heterocycles. The third-order valence-corrected chi connectivity index (χ3v) is 3.57. The Hall–Kier alpha value is -1.91. The van der Waals surface area contributed by atoms with Gasteiger partial charge in [-0.25, -0.2) is 9.18 Å². The monoisotopic (exact) mass is 307 g/mol. The van der Waals surface area contributed by atoms with Crippen LogP contribution in [0, 0.1) is 11.7 Å². The number of amides is 1. The number of halogens is 1. The lowest BCUT2D eigenvalue weighted by atomic mass is 9.90. The van der Waals surface area contributed by atoms with Crippen molar-refractivity contribution in [3.05, 3.63) is 35.6 Å². The van der Waals surface area contributed by atoms with Gasteiger partial charge in [0.05, 0.1) is 0 Å². The van der Waals surface area contributed by atoms with Crippen LogP contribution in [-0.2, 0) is 4.74 Å². The standard InChI is InChI=1S/C17H22FNO3/c1-17(2,3)22-16(21)19-10-4-5-13(11-19)15(20)12-6-8-14(18)9-7-12/h6-9,13H,4-5,10-11H2,1-3H3/t13-/m0/s1. The molecule has 22 heavy (non-hydrogen) atoms. The van der Waals surface area contributed by atoms with Crippen LogP contribution in [0.5, 0.6) is 0 Å². The Balaban J connectivity index is 2.02. The van der Waals surface area contributed by atoms with Gasteiger partial charge in [0.1, 0.15) is 11.4 Å². The number of carbonyl (C=O) groups is 2. The van der Waals surface area contributed by atoms with Crippen molar-refractivity contribution in [3.63, 3.8) is 0 Å². The number of ketones is 1. The van der Waals surface area contributed by atoms with Gasteiger partial charge in [0.15, 0.2) is 5.78 Å². The molecule has 1 atom stereocenters. The average molecular weight is 307 g/mol. The molecule has 0 aliphatic carbocycles. The maximum atomic E-state index is 12.9. The predicted molar refractivity (Wildman–Crippen MR) is 81.3 cm³/mol. The molecular formula is C17H22FNO3. The first kappa shape index (κ1) is 16.5. The van der Waals surface area contributed by atoms with E-state index in [2.05, 4.69) is 0 Å². The number of ether oxygens (including phenoxy) is 1. The Kier molecular flexibility index (Phi) is 4.84. The summed E-state index contributed by atoms with van der Waals surface area (Å²) in [4.78, 5) is 26.2. The summed E-state index contributed by atoms with van der Waals surface area (Å²) in [5.74, 6) is -0.671. The first-order chi connectivity index (χ1) is 10.3. The minimum atomic E-state index is -0.551. The molecule has 5 heteroatoms. The van der Waals surface area contributed by atoms with E-state index in [-0.39, 0.29) is 23.6 Å². The molecule has 4 nitrogen and oxygen atoms in total. The van der Waals surface area contributed by atoms with Crippen LogP contribution in [-0.4, -0.2) is 35.5 Å². The largest absolute Gasteiger partial charge is 0.444 e. The van der Waals surface area contributed by atoms with Gasteiger partial charge in [0.25, 0.3) is 0 Å². The summed E-state index contributed by atoms with van der Waals surface area (Å²) < 4.78 is 18.3. The smallest absolute Gasteiger partial charge is 0.410 e. The van der Waals surface area contributed by atoms with E-state index in [1.54, 1.807) is 4.90 Å². The number of piperidine rings is 1. The average Bonchev–Trinajstić information content (AvgIpc) is 2.46. The van der Waals surface area contributed by atoms with Crippen molar-refractivity contribution >= 4 is 11.9 Å². The van der Waals surface area contributed by atoms with E-state index in [0.29, 0.717) is 18.7 Å². The van der Waals surface area contributed by atoms with Gasteiger partial charge in [-0.1, -0.05) is 0 Å². The van der Waals surface area contributed by atoms with E-state index in [1.165, 1.54) is 24.3 Å². The highest BCUT2D eigenvalue weighted by atomic mass is 19.1. The fourth-order valence-corrected chi connectivity index (χ4v) is 2.53. The number of hydrogen-bond acceptors (Lipinski definition) is 3. The molecule has 2 rings (SSSR count). The van der Waals surface area contributed by atoms with Crippen molar-refractivity contribution in [1.82, 2.24) is 4.90 Å². The van der Waals surface area contributed by atoms with Crippen LogP contribution in [0.15, 0.2) is 24.3 Å². The molecule has 120 valence electrons. The third kappa shape index (κ3) is 4.29. The van der Waals surface area contributed by atoms with E-state index in [9.17, 15) is 14.0 Å². The zero-order chi connectivity index (χ0) is 16.3. The van der Waals surface area contributed by atoms with Crippen LogP contribution < -0.4 is 0 Å². The molecule has 1 saturated heterocycles. The maximum Gasteiger partial charge on any atom is 0.410 e. The SMILES string of the molecule is CC(C)(C)OC(=O)N1CCC[C@H](C(=O)c2ccc(F)cc2)C1. The van der Waals surface area contributed by atoms with Crippen molar-refractivity contribution < 1.29 is 18.7 Å². The molecule has 0 unspecified atom stereocenters. The highest BCUT2D eigenvalue weighted by Gasteiger charge is 2.31. The van der Waals surface area contributed by atoms with E-state index in [0.717, 1.165) is 12.8 Å². The fourth-order valence-electron chi connectivity index (χ4n) is 2.53. The minimum Gasteiger partial charge on any atom is -0.444 e. The summed E-state index contributed by atoms with van der Waals surface area (Å²) in [5, 5.41) is 0. The summed E-state index contributed by atoms with van der Waals surface area (Å²) in [5.41, 5.74) is -0.0669. The van der Waals surface area contributed by atoms with Crippen molar-refractivity contribution in [1.29, 1.82) is 0 Å². The van der Waals surface area contributed by atoms with Crippen molar-refractivity contribution in [2.45, 2.75) is 39.2 Å². The lowest BCUT2D eigenvalue weighted by Crippen LogP contribution is -2.44. The molecule has 0 spiro atoms. The van der Waals surface area contributed by atoms with Crippen LogP contribution in [0.2, 0.25) is 0 Å². The normalized spacial score (nSPS) is 18.9. The molecule has 1 aliphatic rings. The first-order valence-electron chi connectivity index (χ1n) is 7.54. The second kappa shape index (κ2) is 6.46. The molecule has 1 amide bonds. The van der Waals surface area contributed by atoms with Gasteiger partial charge in [-0.05, 0) is 57.9 Å². The summed E-state index contributed by atoms with van der Waals surface area (Å²) in [6.45, 7) is 6.40. The van der Waals surface area contributed by atoms with Gasteiger partial charge in [0, 0.05) is 24.6 Å². The molecule has 1 aromatic carbocycles. The number of nitrogens with zero attached hydrogens (tertiary/aromatic N) is 1. The van der Waals surface area contributed by atoms with Crippen LogP contribution >= 0.6 is 0 Å². The van der Waals surface area contributed by atoms with Gasteiger partial charge in [-0.15, -0.1) is 0 Å². The Morgan fingerprint density at radius 2 is 1.86 bits per heavy atom. The quantitative estimate of drug-likeness (QED) is 0.783. The van der Waals surface area contributed by atoms with E-state index in [1.807, 2.05) is 20.8 Å². The molecule has 0 aromatic heterocycles. The Bertz CT molecular complexity index is 548. The molecule has 0 saturated carbocycles. The summed E-state index contributed by atoms with van der Waals surface area (Å²) >= 11 is 0. The Morgan fingerprint density at radius 3 is 2.45 bits per heavy atom.